The molecule has 0 aliphatic heterocycles. The average molecular weight is 195 g/mol. The molecule has 2 nitrogen and oxygen atoms in total. The maximum Gasteiger partial charge on any atom is 0.0607 e. The summed E-state index contributed by atoms with van der Waals surface area (Å²) in [4.78, 5) is 0. The molecule has 0 aromatic rings. The van der Waals surface area contributed by atoms with Crippen molar-refractivity contribution < 1.29 is 5.11 Å². The molecule has 5 unspecified atom stereocenters. The van der Waals surface area contributed by atoms with Gasteiger partial charge in [-0.2, -0.15) is 0 Å². The molecule has 3 rings (SSSR count). The molecule has 14 heavy (non-hydrogen) atoms. The summed E-state index contributed by atoms with van der Waals surface area (Å²) in [6.45, 7) is 4.71. The first-order chi connectivity index (χ1) is 6.50. The normalized spacial score (nSPS) is 59.1. The van der Waals surface area contributed by atoms with E-state index >= 15 is 0 Å². The Kier molecular flexibility index (Phi) is 1.54. The van der Waals surface area contributed by atoms with Crippen LogP contribution in [0.5, 0.6) is 0 Å². The van der Waals surface area contributed by atoms with Gasteiger partial charge in [-0.25, -0.2) is 0 Å². The topological polar surface area (TPSA) is 46.2 Å². The predicted molar refractivity (Wildman–Crippen MR) is 55.6 cm³/mol. The fraction of sp³-hybridized carbons (Fsp3) is 1.00. The molecule has 2 bridgehead atoms. The minimum Gasteiger partial charge on any atom is -0.393 e. The third-order valence-corrected chi connectivity index (χ3v) is 5.73. The lowest BCUT2D eigenvalue weighted by atomic mass is 9.65. The van der Waals surface area contributed by atoms with Gasteiger partial charge in [-0.1, -0.05) is 13.8 Å². The van der Waals surface area contributed by atoms with Gasteiger partial charge in [-0.05, 0) is 42.9 Å². The van der Waals surface area contributed by atoms with Gasteiger partial charge in [0.05, 0.1) is 6.10 Å². The monoisotopic (exact) mass is 195 g/mol. The van der Waals surface area contributed by atoms with Crippen molar-refractivity contribution in [2.24, 2.45) is 28.4 Å². The molecule has 0 spiro atoms. The molecule has 3 N–H and O–H groups in total. The largest absolute Gasteiger partial charge is 0.393 e. The van der Waals surface area contributed by atoms with E-state index in [1.807, 2.05) is 0 Å². The molecule has 2 heteroatoms. The van der Waals surface area contributed by atoms with Crippen LogP contribution in [0, 0.1) is 22.7 Å². The summed E-state index contributed by atoms with van der Waals surface area (Å²) in [6, 6.07) is 0.376. The van der Waals surface area contributed by atoms with Gasteiger partial charge in [0.1, 0.15) is 0 Å². The highest BCUT2D eigenvalue weighted by Gasteiger charge is 2.70. The van der Waals surface area contributed by atoms with Crippen molar-refractivity contribution in [3.8, 4) is 0 Å². The van der Waals surface area contributed by atoms with E-state index in [0.29, 0.717) is 17.4 Å². The van der Waals surface area contributed by atoms with E-state index in [1.54, 1.807) is 0 Å². The van der Waals surface area contributed by atoms with Gasteiger partial charge in [-0.3, -0.25) is 0 Å². The van der Waals surface area contributed by atoms with Gasteiger partial charge in [0.25, 0.3) is 0 Å². The van der Waals surface area contributed by atoms with E-state index < -0.39 is 0 Å². The molecule has 0 aromatic carbocycles. The molecule has 0 radical (unpaired) electrons. The summed E-state index contributed by atoms with van der Waals surface area (Å²) in [6.07, 6.45) is 4.62. The highest BCUT2D eigenvalue weighted by atomic mass is 16.3. The number of rotatable bonds is 1. The second-order valence-corrected chi connectivity index (χ2v) is 6.26. The lowest BCUT2D eigenvalue weighted by molar-refractivity contribution is -0.0232. The van der Waals surface area contributed by atoms with Crippen LogP contribution in [-0.4, -0.2) is 17.3 Å². The molecule has 3 aliphatic rings. The minimum atomic E-state index is -0.0743. The van der Waals surface area contributed by atoms with Crippen LogP contribution in [0.4, 0.5) is 0 Å². The summed E-state index contributed by atoms with van der Waals surface area (Å²) >= 11 is 0. The summed E-state index contributed by atoms with van der Waals surface area (Å²) < 4.78 is 0. The fourth-order valence-electron chi connectivity index (χ4n) is 4.68. The molecule has 0 heterocycles. The molecule has 0 amide bonds. The minimum absolute atomic E-state index is 0.0743. The van der Waals surface area contributed by atoms with Gasteiger partial charge >= 0.3 is 0 Å². The zero-order chi connectivity index (χ0) is 10.1. The van der Waals surface area contributed by atoms with E-state index in [1.165, 1.54) is 12.8 Å². The summed E-state index contributed by atoms with van der Waals surface area (Å²) in [5, 5.41) is 10.3. The average Bonchev–Trinajstić information content (AvgIpc) is 2.72. The number of hydrogen-bond donors (Lipinski definition) is 2. The van der Waals surface area contributed by atoms with E-state index in [9.17, 15) is 5.11 Å². The van der Waals surface area contributed by atoms with Crippen LogP contribution >= 0.6 is 0 Å². The van der Waals surface area contributed by atoms with Crippen molar-refractivity contribution in [1.29, 1.82) is 0 Å². The maximum atomic E-state index is 10.3. The predicted octanol–water partition coefficient (Wildman–Crippen LogP) is 1.52. The lowest BCUT2D eigenvalue weighted by Crippen LogP contribution is -2.42. The fourth-order valence-corrected chi connectivity index (χ4v) is 4.68. The molecular weight excluding hydrogens is 174 g/mol. The first-order valence-corrected chi connectivity index (χ1v) is 5.94. The van der Waals surface area contributed by atoms with Gasteiger partial charge in [-0.15, -0.1) is 0 Å². The van der Waals surface area contributed by atoms with Gasteiger partial charge in [0.15, 0.2) is 0 Å². The van der Waals surface area contributed by atoms with E-state index in [2.05, 4.69) is 13.8 Å². The third kappa shape index (κ3) is 0.772. The zero-order valence-corrected chi connectivity index (χ0v) is 9.16. The van der Waals surface area contributed by atoms with E-state index in [0.717, 1.165) is 18.8 Å². The van der Waals surface area contributed by atoms with Crippen molar-refractivity contribution in [2.75, 3.05) is 0 Å². The number of aliphatic hydroxyl groups excluding tert-OH is 1. The number of fused-ring (bicyclic) bond motifs is 2. The Hall–Kier alpha value is -0.0800. The van der Waals surface area contributed by atoms with Crippen LogP contribution in [0.15, 0.2) is 0 Å². The SMILES string of the molecule is CC1(C)C2CCC1(C1CC1N)C(O)C2. The molecule has 0 aromatic heterocycles. The van der Waals surface area contributed by atoms with Crippen molar-refractivity contribution in [3.63, 3.8) is 0 Å². The molecule has 0 saturated heterocycles. The first-order valence-electron chi connectivity index (χ1n) is 5.94. The van der Waals surface area contributed by atoms with Gasteiger partial charge < -0.3 is 10.8 Å². The third-order valence-electron chi connectivity index (χ3n) is 5.73. The standard InChI is InChI=1S/C12H21NO/c1-11(2)7-3-4-12(11,10(14)5-7)8-6-9(8)13/h7-10,14H,3-6,13H2,1-2H3. The van der Waals surface area contributed by atoms with Crippen molar-refractivity contribution in [1.82, 2.24) is 0 Å². The summed E-state index contributed by atoms with van der Waals surface area (Å²) in [5.41, 5.74) is 6.50. The second-order valence-electron chi connectivity index (χ2n) is 6.26. The Bertz CT molecular complexity index is 275. The van der Waals surface area contributed by atoms with Crippen LogP contribution in [-0.2, 0) is 0 Å². The molecule has 3 fully saturated rings. The molecule has 3 saturated carbocycles. The van der Waals surface area contributed by atoms with E-state index in [-0.39, 0.29) is 11.5 Å². The Balaban J connectivity index is 2.02. The zero-order valence-electron chi connectivity index (χ0n) is 9.16. The van der Waals surface area contributed by atoms with Crippen molar-refractivity contribution in [3.05, 3.63) is 0 Å². The Morgan fingerprint density at radius 1 is 1.29 bits per heavy atom. The van der Waals surface area contributed by atoms with Crippen LogP contribution < -0.4 is 5.73 Å². The van der Waals surface area contributed by atoms with Crippen LogP contribution in [0.2, 0.25) is 0 Å². The lowest BCUT2D eigenvalue weighted by Gasteiger charge is -2.41. The van der Waals surface area contributed by atoms with Gasteiger partial charge in [0.2, 0.25) is 0 Å². The second kappa shape index (κ2) is 2.35. The summed E-state index contributed by atoms with van der Waals surface area (Å²) in [5.74, 6) is 1.35. The smallest absolute Gasteiger partial charge is 0.0607 e. The van der Waals surface area contributed by atoms with Crippen LogP contribution in [0.3, 0.4) is 0 Å². The Morgan fingerprint density at radius 2 is 1.93 bits per heavy atom. The Labute approximate surface area is 85.9 Å². The first kappa shape index (κ1) is 9.17. The maximum absolute atomic E-state index is 10.3. The number of hydrogen-bond acceptors (Lipinski definition) is 2. The highest BCUT2D eigenvalue weighted by molar-refractivity contribution is 5.20. The molecule has 80 valence electrons. The number of aliphatic hydroxyl groups is 1. The summed E-state index contributed by atoms with van der Waals surface area (Å²) in [7, 11) is 0. The van der Waals surface area contributed by atoms with Gasteiger partial charge in [0, 0.05) is 11.5 Å². The van der Waals surface area contributed by atoms with Crippen LogP contribution in [0.1, 0.15) is 39.5 Å². The Morgan fingerprint density at radius 3 is 2.29 bits per heavy atom. The van der Waals surface area contributed by atoms with Crippen molar-refractivity contribution in [2.45, 2.75) is 51.7 Å². The molecule has 5 atom stereocenters. The quantitative estimate of drug-likeness (QED) is 0.666. The van der Waals surface area contributed by atoms with E-state index in [4.69, 9.17) is 5.73 Å². The van der Waals surface area contributed by atoms with Crippen LogP contribution in [0.25, 0.3) is 0 Å². The molecular formula is C12H21NO. The molecule has 3 aliphatic carbocycles. The van der Waals surface area contributed by atoms with Crippen molar-refractivity contribution >= 4 is 0 Å². The highest BCUT2D eigenvalue weighted by Crippen LogP contribution is 2.72. The number of nitrogens with two attached hydrogens (primary N) is 1.